The predicted molar refractivity (Wildman–Crippen MR) is 84.9 cm³/mol. The van der Waals surface area contributed by atoms with Crippen molar-refractivity contribution in [3.63, 3.8) is 0 Å². The van der Waals surface area contributed by atoms with Crippen molar-refractivity contribution in [2.24, 2.45) is 5.92 Å². The summed E-state index contributed by atoms with van der Waals surface area (Å²) in [5, 5.41) is 13.2. The molecule has 3 aromatic rings. The average Bonchev–Trinajstić information content (AvgIpc) is 2.93. The zero-order valence-corrected chi connectivity index (χ0v) is 11.9. The van der Waals surface area contributed by atoms with Gasteiger partial charge in [-0.1, -0.05) is 50.2 Å². The summed E-state index contributed by atoms with van der Waals surface area (Å²) in [5.74, 6) is 1.51. The molecule has 0 amide bonds. The molecule has 20 heavy (non-hydrogen) atoms. The van der Waals surface area contributed by atoms with Crippen molar-refractivity contribution in [3.05, 3.63) is 48.5 Å². The van der Waals surface area contributed by atoms with E-state index >= 15 is 0 Å². The summed E-state index contributed by atoms with van der Waals surface area (Å²) in [6.45, 7) is 5.30. The number of aromatic amines is 1. The van der Waals surface area contributed by atoms with E-state index in [-0.39, 0.29) is 0 Å². The van der Waals surface area contributed by atoms with E-state index in [4.69, 9.17) is 0 Å². The standard InChI is InChI=1S/C17H19N3/c1-12(2)11-18-17-10-16(19-20-17)15-8-7-13-5-3-4-6-14(13)9-15/h3-10,12H,11H2,1-2H3,(H2,18,19,20). The molecular weight excluding hydrogens is 246 g/mol. The van der Waals surface area contributed by atoms with Crippen LogP contribution in [0.2, 0.25) is 0 Å². The fourth-order valence-corrected chi connectivity index (χ4v) is 2.23. The van der Waals surface area contributed by atoms with Gasteiger partial charge in [0.2, 0.25) is 0 Å². The Bertz CT molecular complexity index is 713. The number of benzene rings is 2. The van der Waals surface area contributed by atoms with E-state index in [1.54, 1.807) is 0 Å². The summed E-state index contributed by atoms with van der Waals surface area (Å²) in [6, 6.07) is 16.9. The van der Waals surface area contributed by atoms with E-state index in [9.17, 15) is 0 Å². The van der Waals surface area contributed by atoms with Gasteiger partial charge in [0.05, 0.1) is 5.69 Å². The van der Waals surface area contributed by atoms with Crippen LogP contribution >= 0.6 is 0 Å². The van der Waals surface area contributed by atoms with Crippen molar-refractivity contribution in [2.45, 2.75) is 13.8 Å². The highest BCUT2D eigenvalue weighted by Crippen LogP contribution is 2.24. The molecule has 0 unspecified atom stereocenters. The first kappa shape index (κ1) is 12.7. The first-order valence-electron chi connectivity index (χ1n) is 7.01. The molecule has 0 aliphatic heterocycles. The molecule has 3 nitrogen and oxygen atoms in total. The van der Waals surface area contributed by atoms with Crippen LogP contribution in [-0.4, -0.2) is 16.7 Å². The summed E-state index contributed by atoms with van der Waals surface area (Å²) < 4.78 is 0. The number of rotatable bonds is 4. The molecule has 3 heteroatoms. The zero-order chi connectivity index (χ0) is 13.9. The smallest absolute Gasteiger partial charge is 0.148 e. The fourth-order valence-electron chi connectivity index (χ4n) is 2.23. The highest BCUT2D eigenvalue weighted by atomic mass is 15.2. The second-order valence-electron chi connectivity index (χ2n) is 5.50. The molecule has 0 saturated heterocycles. The maximum absolute atomic E-state index is 4.31. The minimum atomic E-state index is 0.607. The van der Waals surface area contributed by atoms with Gasteiger partial charge in [-0.15, -0.1) is 0 Å². The van der Waals surface area contributed by atoms with Gasteiger partial charge >= 0.3 is 0 Å². The van der Waals surface area contributed by atoms with Gasteiger partial charge in [0, 0.05) is 18.2 Å². The molecule has 0 atom stereocenters. The molecule has 3 rings (SSSR count). The molecule has 0 fully saturated rings. The van der Waals surface area contributed by atoms with Crippen LogP contribution in [0.25, 0.3) is 22.0 Å². The Kier molecular flexibility index (Phi) is 3.42. The van der Waals surface area contributed by atoms with Crippen molar-refractivity contribution in [1.82, 2.24) is 10.2 Å². The summed E-state index contributed by atoms with van der Waals surface area (Å²) in [4.78, 5) is 0. The molecule has 0 aliphatic carbocycles. The lowest BCUT2D eigenvalue weighted by atomic mass is 10.1. The Balaban J connectivity index is 1.87. The Labute approximate surface area is 119 Å². The van der Waals surface area contributed by atoms with Crippen LogP contribution in [-0.2, 0) is 0 Å². The first-order valence-corrected chi connectivity index (χ1v) is 7.01. The lowest BCUT2D eigenvalue weighted by Gasteiger charge is -2.04. The number of nitrogens with one attached hydrogen (secondary N) is 2. The molecular formula is C17H19N3. The second-order valence-corrected chi connectivity index (χ2v) is 5.50. The zero-order valence-electron chi connectivity index (χ0n) is 11.9. The number of anilines is 1. The van der Waals surface area contributed by atoms with Crippen LogP contribution < -0.4 is 5.32 Å². The lowest BCUT2D eigenvalue weighted by molar-refractivity contribution is 0.687. The number of fused-ring (bicyclic) bond motifs is 1. The molecule has 102 valence electrons. The van der Waals surface area contributed by atoms with E-state index in [2.05, 4.69) is 77.9 Å². The maximum Gasteiger partial charge on any atom is 0.148 e. The molecule has 1 heterocycles. The normalized spacial score (nSPS) is 11.2. The van der Waals surface area contributed by atoms with Gasteiger partial charge in [-0.05, 0) is 22.8 Å². The highest BCUT2D eigenvalue weighted by molar-refractivity contribution is 5.86. The summed E-state index contributed by atoms with van der Waals surface area (Å²) in [5.41, 5.74) is 2.20. The first-order chi connectivity index (χ1) is 9.72. The molecule has 0 bridgehead atoms. The largest absolute Gasteiger partial charge is 0.368 e. The van der Waals surface area contributed by atoms with E-state index < -0.39 is 0 Å². The topological polar surface area (TPSA) is 40.7 Å². The maximum atomic E-state index is 4.31. The predicted octanol–water partition coefficient (Wildman–Crippen LogP) is 4.30. The Morgan fingerprint density at radius 2 is 1.85 bits per heavy atom. The average molecular weight is 265 g/mol. The SMILES string of the molecule is CC(C)CNc1cc(-c2ccc3ccccc3c2)[nH]n1. The van der Waals surface area contributed by atoms with E-state index in [0.29, 0.717) is 5.92 Å². The van der Waals surface area contributed by atoms with Crippen molar-refractivity contribution >= 4 is 16.6 Å². The van der Waals surface area contributed by atoms with Crippen LogP contribution in [0.4, 0.5) is 5.82 Å². The third-order valence-corrected chi connectivity index (χ3v) is 3.33. The Morgan fingerprint density at radius 3 is 2.65 bits per heavy atom. The molecule has 0 aliphatic rings. The van der Waals surface area contributed by atoms with Gasteiger partial charge in [-0.2, -0.15) is 5.10 Å². The minimum Gasteiger partial charge on any atom is -0.368 e. The monoisotopic (exact) mass is 265 g/mol. The number of H-pyrrole nitrogens is 1. The van der Waals surface area contributed by atoms with E-state index in [0.717, 1.165) is 23.6 Å². The minimum absolute atomic E-state index is 0.607. The molecule has 0 saturated carbocycles. The van der Waals surface area contributed by atoms with Crippen LogP contribution in [0.5, 0.6) is 0 Å². The number of aromatic nitrogens is 2. The number of nitrogens with zero attached hydrogens (tertiary/aromatic N) is 1. The molecule has 1 aromatic heterocycles. The van der Waals surface area contributed by atoms with Gasteiger partial charge in [0.15, 0.2) is 0 Å². The molecule has 2 aromatic carbocycles. The molecule has 2 N–H and O–H groups in total. The molecule has 0 radical (unpaired) electrons. The van der Waals surface area contributed by atoms with Gasteiger partial charge in [0.1, 0.15) is 5.82 Å². The number of hydrogen-bond acceptors (Lipinski definition) is 2. The molecule has 0 spiro atoms. The lowest BCUT2D eigenvalue weighted by Crippen LogP contribution is -2.07. The third kappa shape index (κ3) is 2.67. The van der Waals surface area contributed by atoms with Crippen molar-refractivity contribution < 1.29 is 0 Å². The Hall–Kier alpha value is -2.29. The van der Waals surface area contributed by atoms with Gasteiger partial charge in [0.25, 0.3) is 0 Å². The summed E-state index contributed by atoms with van der Waals surface area (Å²) >= 11 is 0. The highest BCUT2D eigenvalue weighted by Gasteiger charge is 2.04. The van der Waals surface area contributed by atoms with Gasteiger partial charge in [-0.3, -0.25) is 5.10 Å². The van der Waals surface area contributed by atoms with Gasteiger partial charge < -0.3 is 5.32 Å². The summed E-state index contributed by atoms with van der Waals surface area (Å²) in [7, 11) is 0. The van der Waals surface area contributed by atoms with Crippen molar-refractivity contribution in [1.29, 1.82) is 0 Å². The van der Waals surface area contributed by atoms with Crippen LogP contribution in [0.1, 0.15) is 13.8 Å². The van der Waals surface area contributed by atoms with Crippen LogP contribution in [0, 0.1) is 5.92 Å². The van der Waals surface area contributed by atoms with Crippen LogP contribution in [0.3, 0.4) is 0 Å². The van der Waals surface area contributed by atoms with Crippen molar-refractivity contribution in [2.75, 3.05) is 11.9 Å². The Morgan fingerprint density at radius 1 is 1.05 bits per heavy atom. The van der Waals surface area contributed by atoms with Crippen LogP contribution in [0.15, 0.2) is 48.5 Å². The quantitative estimate of drug-likeness (QED) is 0.738. The van der Waals surface area contributed by atoms with Gasteiger partial charge in [-0.25, -0.2) is 0 Å². The number of hydrogen-bond donors (Lipinski definition) is 2. The van der Waals surface area contributed by atoms with Crippen molar-refractivity contribution in [3.8, 4) is 11.3 Å². The van der Waals surface area contributed by atoms with E-state index in [1.165, 1.54) is 10.8 Å². The fraction of sp³-hybridized carbons (Fsp3) is 0.235. The van der Waals surface area contributed by atoms with E-state index in [1.807, 2.05) is 0 Å². The third-order valence-electron chi connectivity index (χ3n) is 3.33. The summed E-state index contributed by atoms with van der Waals surface area (Å²) in [6.07, 6.45) is 0. The second kappa shape index (κ2) is 5.37.